The third-order valence-electron chi connectivity index (χ3n) is 8.47. The minimum Gasteiger partial charge on any atom is -0.507 e. The van der Waals surface area contributed by atoms with Gasteiger partial charge < -0.3 is 39.4 Å². The van der Waals surface area contributed by atoms with Gasteiger partial charge in [-0.15, -0.1) is 0 Å². The van der Waals surface area contributed by atoms with Crippen LogP contribution in [-0.4, -0.2) is 75.1 Å². The van der Waals surface area contributed by atoms with Crippen molar-refractivity contribution in [2.45, 2.75) is 95.7 Å². The van der Waals surface area contributed by atoms with Gasteiger partial charge in [-0.1, -0.05) is 18.2 Å². The van der Waals surface area contributed by atoms with Crippen molar-refractivity contribution in [3.05, 3.63) is 63.7 Å². The maximum atomic E-state index is 14.2. The molecule has 0 amide bonds. The van der Waals surface area contributed by atoms with Gasteiger partial charge in [-0.2, -0.15) is 0 Å². The van der Waals surface area contributed by atoms with E-state index in [1.807, 2.05) is 0 Å². The number of phenolic OH excluding ortho intramolecular Hbond substituents is 2. The summed E-state index contributed by atoms with van der Waals surface area (Å²) in [5, 5.41) is 42.3. The number of allylic oxidation sites excluding steroid dienone is 1. The first-order valence-corrected chi connectivity index (χ1v) is 14.0. The Morgan fingerprint density at radius 2 is 1.39 bits per heavy atom. The van der Waals surface area contributed by atoms with Crippen molar-refractivity contribution in [2.24, 2.45) is 0 Å². The molecule has 0 radical (unpaired) electrons. The number of hydrogen-bond acceptors (Lipinski definition) is 10. The Bertz CT molecular complexity index is 1430. The Hall–Kier alpha value is -3.12. The van der Waals surface area contributed by atoms with E-state index in [9.17, 15) is 30.0 Å². The first-order chi connectivity index (χ1) is 19.5. The van der Waals surface area contributed by atoms with Gasteiger partial charge in [0.05, 0.1) is 30.0 Å². The Labute approximate surface area is 237 Å². The summed E-state index contributed by atoms with van der Waals surface area (Å²) in [7, 11) is 0. The molecule has 2 aliphatic carbocycles. The fraction of sp³-hybridized carbons (Fsp3) is 0.484. The quantitative estimate of drug-likeness (QED) is 0.433. The minimum absolute atomic E-state index is 0.0114. The molecule has 0 saturated carbocycles. The smallest absolute Gasteiger partial charge is 0.196 e. The molecule has 41 heavy (non-hydrogen) atoms. The van der Waals surface area contributed by atoms with Crippen molar-refractivity contribution in [1.82, 2.24) is 0 Å². The van der Waals surface area contributed by atoms with Crippen molar-refractivity contribution in [3.63, 3.8) is 0 Å². The lowest BCUT2D eigenvalue weighted by molar-refractivity contribution is -0.276. The van der Waals surface area contributed by atoms with E-state index in [0.29, 0.717) is 36.8 Å². The summed E-state index contributed by atoms with van der Waals surface area (Å²) in [5.74, 6) is -1.68. The van der Waals surface area contributed by atoms with Crippen LogP contribution in [0.5, 0.6) is 11.5 Å². The van der Waals surface area contributed by atoms with E-state index in [0.717, 1.165) is 0 Å². The highest BCUT2D eigenvalue weighted by atomic mass is 16.7. The van der Waals surface area contributed by atoms with Gasteiger partial charge in [0.1, 0.15) is 23.7 Å². The molecule has 2 saturated heterocycles. The number of aliphatic hydroxyl groups is 2. The predicted octanol–water partition coefficient (Wildman–Crippen LogP) is 3.47. The molecule has 0 spiro atoms. The second-order valence-electron chi connectivity index (χ2n) is 11.3. The van der Waals surface area contributed by atoms with Gasteiger partial charge in [0, 0.05) is 35.1 Å². The summed E-state index contributed by atoms with van der Waals surface area (Å²) in [6, 6.07) is 7.60. The van der Waals surface area contributed by atoms with Crippen molar-refractivity contribution >= 4 is 17.1 Å². The van der Waals surface area contributed by atoms with Crippen molar-refractivity contribution in [1.29, 1.82) is 0 Å². The summed E-state index contributed by atoms with van der Waals surface area (Å²) in [6.45, 7) is 5.26. The first-order valence-electron chi connectivity index (χ1n) is 14.0. The molecule has 218 valence electrons. The summed E-state index contributed by atoms with van der Waals surface area (Å²) < 4.78 is 24.9. The molecule has 0 aromatic heterocycles. The summed E-state index contributed by atoms with van der Waals surface area (Å²) in [5.41, 5.74) is 1.14. The van der Waals surface area contributed by atoms with E-state index in [1.165, 1.54) is 24.3 Å². The number of fused-ring (bicyclic) bond motifs is 3. The third kappa shape index (κ3) is 4.78. The molecule has 10 nitrogen and oxygen atoms in total. The molecule has 2 aliphatic heterocycles. The van der Waals surface area contributed by atoms with Gasteiger partial charge in [0.25, 0.3) is 0 Å². The van der Waals surface area contributed by atoms with Crippen LogP contribution in [0.1, 0.15) is 83.0 Å². The highest BCUT2D eigenvalue weighted by Crippen LogP contribution is 2.51. The van der Waals surface area contributed by atoms with Crippen molar-refractivity contribution in [3.8, 4) is 11.5 Å². The molecule has 4 aliphatic rings. The average Bonchev–Trinajstić information content (AvgIpc) is 2.92. The van der Waals surface area contributed by atoms with Gasteiger partial charge in [-0.05, 0) is 56.9 Å². The number of hydrogen-bond donors (Lipinski definition) is 4. The number of ketones is 2. The summed E-state index contributed by atoms with van der Waals surface area (Å²) in [6.07, 6.45) is -4.61. The summed E-state index contributed by atoms with van der Waals surface area (Å²) >= 11 is 0. The normalized spacial score (nSPS) is 33.3. The highest BCUT2D eigenvalue weighted by Gasteiger charge is 2.50. The van der Waals surface area contributed by atoms with E-state index in [4.69, 9.17) is 18.9 Å². The molecule has 2 fully saturated rings. The standard InChI is InChI=1S/C31H34O10/c1-13-11-17-24(21(35)12-13)26-27(29(37)25-16(28(26)36)5-4-6-20(25)34)31(41-23-10-8-19(33)15(3)39-23)30(17)40-22-9-7-18(32)14(2)38-22/h4-6,11-12,14-15,18-19,22-23,30-35H,7-10H2,1-3H3. The van der Waals surface area contributed by atoms with Gasteiger partial charge in [-0.3, -0.25) is 9.59 Å². The van der Waals surface area contributed by atoms with Gasteiger partial charge in [0.2, 0.25) is 0 Å². The van der Waals surface area contributed by atoms with Gasteiger partial charge >= 0.3 is 0 Å². The number of aromatic hydroxyl groups is 2. The molecule has 8 atom stereocenters. The van der Waals surface area contributed by atoms with Crippen LogP contribution < -0.4 is 0 Å². The first kappa shape index (κ1) is 28.0. The number of rotatable bonds is 4. The van der Waals surface area contributed by atoms with Crippen LogP contribution in [0.4, 0.5) is 0 Å². The SMILES string of the molecule is Cc1cc(O)c2c(c1)C(OC1CCC(O)C(C)O1)C(OC1CCC(O)C(C)O1)C1=C2C(=O)c2cccc(O)c2C1=O. The number of aryl methyl sites for hydroxylation is 1. The zero-order valence-electron chi connectivity index (χ0n) is 23.1. The maximum Gasteiger partial charge on any atom is 0.196 e. The molecular weight excluding hydrogens is 532 g/mol. The molecule has 2 aromatic rings. The lowest BCUT2D eigenvalue weighted by Gasteiger charge is -2.43. The zero-order chi connectivity index (χ0) is 29.2. The Morgan fingerprint density at radius 3 is 2.00 bits per heavy atom. The van der Waals surface area contributed by atoms with Gasteiger partial charge in [0.15, 0.2) is 24.1 Å². The Morgan fingerprint density at radius 1 is 0.780 bits per heavy atom. The van der Waals surface area contributed by atoms with Crippen LogP contribution >= 0.6 is 0 Å². The van der Waals surface area contributed by atoms with E-state index in [2.05, 4.69) is 0 Å². The van der Waals surface area contributed by atoms with Crippen LogP contribution in [0.25, 0.3) is 5.57 Å². The number of carbonyl (C=O) groups is 2. The molecule has 2 aromatic carbocycles. The van der Waals surface area contributed by atoms with Crippen molar-refractivity contribution in [2.75, 3.05) is 0 Å². The maximum absolute atomic E-state index is 14.2. The third-order valence-corrected chi connectivity index (χ3v) is 8.47. The van der Waals surface area contributed by atoms with E-state index in [1.54, 1.807) is 26.8 Å². The lowest BCUT2D eigenvalue weighted by Crippen LogP contribution is -2.46. The minimum atomic E-state index is -1.18. The fourth-order valence-electron chi connectivity index (χ4n) is 6.29. The Kier molecular flexibility index (Phi) is 7.25. The predicted molar refractivity (Wildman–Crippen MR) is 144 cm³/mol. The number of Topliss-reactive ketones (excluding diaryl/α,β-unsaturated/α-hetero) is 2. The van der Waals surface area contributed by atoms with Crippen LogP contribution in [0.2, 0.25) is 0 Å². The molecule has 4 N–H and O–H groups in total. The molecule has 8 unspecified atom stereocenters. The van der Waals surface area contributed by atoms with E-state index >= 15 is 0 Å². The number of benzene rings is 2. The van der Waals surface area contributed by atoms with Crippen molar-refractivity contribution < 1.29 is 49.0 Å². The Balaban J connectivity index is 1.52. The number of aliphatic hydroxyl groups excluding tert-OH is 2. The second-order valence-corrected chi connectivity index (χ2v) is 11.3. The zero-order valence-corrected chi connectivity index (χ0v) is 23.1. The molecular formula is C31H34O10. The van der Waals surface area contributed by atoms with Gasteiger partial charge in [-0.25, -0.2) is 0 Å². The highest BCUT2D eigenvalue weighted by molar-refractivity contribution is 6.42. The van der Waals surface area contributed by atoms with E-state index < -0.39 is 60.8 Å². The lowest BCUT2D eigenvalue weighted by atomic mass is 9.71. The fourth-order valence-corrected chi connectivity index (χ4v) is 6.29. The van der Waals surface area contributed by atoms with Crippen LogP contribution in [0, 0.1) is 6.92 Å². The molecule has 0 bridgehead atoms. The van der Waals surface area contributed by atoms with Crippen LogP contribution in [0.15, 0.2) is 35.9 Å². The molecule has 2 heterocycles. The monoisotopic (exact) mass is 566 g/mol. The van der Waals surface area contributed by atoms with Crippen LogP contribution in [0.3, 0.4) is 0 Å². The number of ether oxygens (including phenoxy) is 4. The second kappa shape index (κ2) is 10.6. The topological polar surface area (TPSA) is 152 Å². The molecule has 10 heteroatoms. The number of phenols is 2. The largest absolute Gasteiger partial charge is 0.507 e. The van der Waals surface area contributed by atoms with E-state index in [-0.39, 0.29) is 39.3 Å². The van der Waals surface area contributed by atoms with Crippen LogP contribution in [-0.2, 0) is 18.9 Å². The summed E-state index contributed by atoms with van der Waals surface area (Å²) in [4.78, 5) is 28.2. The molecule has 6 rings (SSSR count). The average molecular weight is 567 g/mol. The number of carbonyl (C=O) groups excluding carboxylic acids is 2.